The predicted octanol–water partition coefficient (Wildman–Crippen LogP) is 5.83. The lowest BCUT2D eigenvalue weighted by Crippen LogP contribution is -2.13. The zero-order valence-corrected chi connectivity index (χ0v) is 16.3. The van der Waals surface area contributed by atoms with Gasteiger partial charge in [-0.25, -0.2) is 4.98 Å². The minimum absolute atomic E-state index is 0.222. The van der Waals surface area contributed by atoms with Gasteiger partial charge >= 0.3 is 0 Å². The van der Waals surface area contributed by atoms with Crippen LogP contribution in [0.5, 0.6) is 5.75 Å². The highest BCUT2D eigenvalue weighted by Gasteiger charge is 2.16. The van der Waals surface area contributed by atoms with Crippen molar-refractivity contribution < 1.29 is 9.53 Å². The summed E-state index contributed by atoms with van der Waals surface area (Å²) >= 11 is 1.49. The van der Waals surface area contributed by atoms with E-state index in [1.54, 1.807) is 7.11 Å². The molecule has 1 aromatic heterocycles. The number of amides is 1. The van der Waals surface area contributed by atoms with Crippen molar-refractivity contribution in [2.45, 2.75) is 19.8 Å². The van der Waals surface area contributed by atoms with Crippen LogP contribution in [-0.2, 0) is 0 Å². The molecule has 0 fully saturated rings. The smallest absolute Gasteiger partial charge is 0.261 e. The first-order valence-corrected chi connectivity index (χ1v) is 9.65. The summed E-state index contributed by atoms with van der Waals surface area (Å²) in [4.78, 5) is 17.4. The standard InChI is InChI=1S/C22H20N2O2S/c1-13(2)14-8-9-18-20(12-14)27-22(23-18)24-21(25)17-10-15-6-4-5-7-16(15)11-19(17)26-3/h4-13H,1-3H3,(H,23,24,25). The topological polar surface area (TPSA) is 51.2 Å². The number of anilines is 1. The molecule has 4 rings (SSSR count). The van der Waals surface area contributed by atoms with Crippen molar-refractivity contribution in [2.75, 3.05) is 12.4 Å². The summed E-state index contributed by atoms with van der Waals surface area (Å²) < 4.78 is 6.51. The van der Waals surface area contributed by atoms with Crippen LogP contribution in [0.1, 0.15) is 35.7 Å². The van der Waals surface area contributed by atoms with Crippen LogP contribution in [0.3, 0.4) is 0 Å². The highest BCUT2D eigenvalue weighted by atomic mass is 32.1. The minimum atomic E-state index is -0.222. The second kappa shape index (κ2) is 7.00. The molecule has 1 N–H and O–H groups in total. The van der Waals surface area contributed by atoms with E-state index in [9.17, 15) is 4.79 Å². The molecule has 0 aliphatic heterocycles. The van der Waals surface area contributed by atoms with Crippen molar-refractivity contribution in [3.63, 3.8) is 0 Å². The third kappa shape index (κ3) is 3.38. The molecular formula is C22H20N2O2S. The molecule has 1 heterocycles. The summed E-state index contributed by atoms with van der Waals surface area (Å²) in [5.41, 5.74) is 2.66. The first-order chi connectivity index (χ1) is 13.0. The van der Waals surface area contributed by atoms with E-state index in [0.29, 0.717) is 22.4 Å². The lowest BCUT2D eigenvalue weighted by atomic mass is 10.0. The maximum atomic E-state index is 12.9. The average molecular weight is 376 g/mol. The number of hydrogen-bond donors (Lipinski definition) is 1. The molecule has 136 valence electrons. The molecule has 27 heavy (non-hydrogen) atoms. The Morgan fingerprint density at radius 3 is 2.52 bits per heavy atom. The summed E-state index contributed by atoms with van der Waals surface area (Å²) in [6.07, 6.45) is 0. The molecule has 0 bridgehead atoms. The number of nitrogens with one attached hydrogen (secondary N) is 1. The number of thiazole rings is 1. The number of fused-ring (bicyclic) bond motifs is 2. The van der Waals surface area contributed by atoms with Crippen LogP contribution >= 0.6 is 11.3 Å². The third-order valence-corrected chi connectivity index (χ3v) is 5.55. The van der Waals surface area contributed by atoms with Gasteiger partial charge in [-0.1, -0.05) is 55.5 Å². The average Bonchev–Trinajstić information content (AvgIpc) is 3.08. The first kappa shape index (κ1) is 17.5. The minimum Gasteiger partial charge on any atom is -0.496 e. The number of ether oxygens (including phenoxy) is 1. The lowest BCUT2D eigenvalue weighted by molar-refractivity contribution is 0.102. The molecule has 4 nitrogen and oxygen atoms in total. The van der Waals surface area contributed by atoms with Gasteiger partial charge in [0.25, 0.3) is 5.91 Å². The Kier molecular flexibility index (Phi) is 4.54. The zero-order chi connectivity index (χ0) is 19.0. The van der Waals surface area contributed by atoms with E-state index in [2.05, 4.69) is 36.3 Å². The van der Waals surface area contributed by atoms with Crippen molar-refractivity contribution in [1.82, 2.24) is 4.98 Å². The fraction of sp³-hybridized carbons (Fsp3) is 0.182. The Hall–Kier alpha value is -2.92. The Morgan fingerprint density at radius 2 is 1.81 bits per heavy atom. The number of hydrogen-bond acceptors (Lipinski definition) is 4. The highest BCUT2D eigenvalue weighted by Crippen LogP contribution is 2.31. The maximum Gasteiger partial charge on any atom is 0.261 e. The van der Waals surface area contributed by atoms with Crippen molar-refractivity contribution in [1.29, 1.82) is 0 Å². The summed E-state index contributed by atoms with van der Waals surface area (Å²) in [6, 6.07) is 17.9. The largest absolute Gasteiger partial charge is 0.496 e. The SMILES string of the molecule is COc1cc2ccccc2cc1C(=O)Nc1nc2ccc(C(C)C)cc2s1. The molecule has 0 aliphatic rings. The first-order valence-electron chi connectivity index (χ1n) is 8.84. The van der Waals surface area contributed by atoms with E-state index in [1.807, 2.05) is 42.5 Å². The van der Waals surface area contributed by atoms with Gasteiger partial charge in [-0.2, -0.15) is 0 Å². The summed E-state index contributed by atoms with van der Waals surface area (Å²) in [6.45, 7) is 4.33. The van der Waals surface area contributed by atoms with Crippen LogP contribution in [0.15, 0.2) is 54.6 Å². The fourth-order valence-electron chi connectivity index (χ4n) is 3.08. The monoisotopic (exact) mass is 376 g/mol. The number of rotatable bonds is 4. The Labute approximate surface area is 161 Å². The molecule has 5 heteroatoms. The third-order valence-electron chi connectivity index (χ3n) is 4.61. The summed E-state index contributed by atoms with van der Waals surface area (Å²) in [5, 5.41) is 5.54. The Balaban J connectivity index is 1.67. The lowest BCUT2D eigenvalue weighted by Gasteiger charge is -2.09. The van der Waals surface area contributed by atoms with Crippen LogP contribution in [0.25, 0.3) is 21.0 Å². The molecule has 4 aromatic rings. The van der Waals surface area contributed by atoms with Crippen LogP contribution in [-0.4, -0.2) is 18.0 Å². The summed E-state index contributed by atoms with van der Waals surface area (Å²) in [5.74, 6) is 0.784. The van der Waals surface area contributed by atoms with Crippen molar-refractivity contribution >= 4 is 43.4 Å². The molecule has 0 spiro atoms. The van der Waals surface area contributed by atoms with Gasteiger partial charge in [0, 0.05) is 0 Å². The van der Waals surface area contributed by atoms with Gasteiger partial charge in [-0.05, 0) is 46.5 Å². The van der Waals surface area contributed by atoms with Crippen LogP contribution in [0.2, 0.25) is 0 Å². The number of nitrogens with zero attached hydrogens (tertiary/aromatic N) is 1. The van der Waals surface area contributed by atoms with E-state index in [0.717, 1.165) is 21.0 Å². The molecule has 1 amide bonds. The van der Waals surface area contributed by atoms with Crippen molar-refractivity contribution in [3.8, 4) is 5.75 Å². The molecule has 0 radical (unpaired) electrons. The molecule has 0 saturated heterocycles. The number of carbonyl (C=O) groups excluding carboxylic acids is 1. The number of benzene rings is 3. The maximum absolute atomic E-state index is 12.9. The predicted molar refractivity (Wildman–Crippen MR) is 112 cm³/mol. The van der Waals surface area contributed by atoms with Crippen LogP contribution in [0.4, 0.5) is 5.13 Å². The molecule has 0 unspecified atom stereocenters. The van der Waals surface area contributed by atoms with Gasteiger partial charge < -0.3 is 4.74 Å². The fourth-order valence-corrected chi connectivity index (χ4v) is 3.99. The molecule has 0 aliphatic carbocycles. The van der Waals surface area contributed by atoms with E-state index >= 15 is 0 Å². The van der Waals surface area contributed by atoms with Crippen LogP contribution < -0.4 is 10.1 Å². The molecular weight excluding hydrogens is 356 g/mol. The van der Waals surface area contributed by atoms with E-state index in [1.165, 1.54) is 16.9 Å². The number of carbonyl (C=O) groups is 1. The van der Waals surface area contributed by atoms with Gasteiger partial charge in [-0.3, -0.25) is 10.1 Å². The van der Waals surface area contributed by atoms with Gasteiger partial charge in [0.2, 0.25) is 0 Å². The van der Waals surface area contributed by atoms with Gasteiger partial charge in [-0.15, -0.1) is 0 Å². The van der Waals surface area contributed by atoms with E-state index in [4.69, 9.17) is 4.74 Å². The normalized spacial score (nSPS) is 11.3. The quantitative estimate of drug-likeness (QED) is 0.487. The van der Waals surface area contributed by atoms with Crippen LogP contribution in [0, 0.1) is 0 Å². The summed E-state index contributed by atoms with van der Waals surface area (Å²) in [7, 11) is 1.58. The Morgan fingerprint density at radius 1 is 1.07 bits per heavy atom. The van der Waals surface area contributed by atoms with Gasteiger partial charge in [0.15, 0.2) is 5.13 Å². The van der Waals surface area contributed by atoms with Crippen molar-refractivity contribution in [3.05, 3.63) is 65.7 Å². The van der Waals surface area contributed by atoms with Gasteiger partial charge in [0.05, 0.1) is 22.9 Å². The molecule has 0 saturated carbocycles. The van der Waals surface area contributed by atoms with E-state index < -0.39 is 0 Å². The second-order valence-electron chi connectivity index (χ2n) is 6.75. The van der Waals surface area contributed by atoms with E-state index in [-0.39, 0.29) is 5.91 Å². The number of methoxy groups -OCH3 is 1. The highest BCUT2D eigenvalue weighted by molar-refractivity contribution is 7.22. The number of aromatic nitrogens is 1. The Bertz CT molecular complexity index is 1150. The van der Waals surface area contributed by atoms with Crippen molar-refractivity contribution in [2.24, 2.45) is 0 Å². The second-order valence-corrected chi connectivity index (χ2v) is 7.79. The molecule has 3 aromatic carbocycles. The van der Waals surface area contributed by atoms with Gasteiger partial charge in [0.1, 0.15) is 5.75 Å². The zero-order valence-electron chi connectivity index (χ0n) is 15.4. The molecule has 0 atom stereocenters.